The quantitative estimate of drug-likeness (QED) is 0.444. The van der Waals surface area contributed by atoms with Crippen LogP contribution in [0.3, 0.4) is 0 Å². The first-order chi connectivity index (χ1) is 13.9. The van der Waals surface area contributed by atoms with Gasteiger partial charge in [0.25, 0.3) is 0 Å². The maximum Gasteiger partial charge on any atom is 0.178 e. The van der Waals surface area contributed by atoms with Gasteiger partial charge in [-0.25, -0.2) is 8.42 Å². The van der Waals surface area contributed by atoms with Crippen molar-refractivity contribution in [1.82, 2.24) is 0 Å². The third kappa shape index (κ3) is 6.17. The number of carbonyl (C=O) groups is 1. The summed E-state index contributed by atoms with van der Waals surface area (Å²) in [6, 6.07) is 14.9. The van der Waals surface area contributed by atoms with Crippen molar-refractivity contribution in [2.24, 2.45) is 5.41 Å². The van der Waals surface area contributed by atoms with Gasteiger partial charge < -0.3 is 9.53 Å². The van der Waals surface area contributed by atoms with E-state index in [-0.39, 0.29) is 5.75 Å². The van der Waals surface area contributed by atoms with Crippen molar-refractivity contribution in [3.05, 3.63) is 59.7 Å². The number of hydrogen-bond donors (Lipinski definition) is 0. The highest BCUT2D eigenvalue weighted by molar-refractivity contribution is 7.91. The second-order valence-electron chi connectivity index (χ2n) is 7.64. The Morgan fingerprint density at radius 3 is 2.34 bits per heavy atom. The molecule has 2 rings (SSSR count). The van der Waals surface area contributed by atoms with E-state index in [1.165, 1.54) is 0 Å². The van der Waals surface area contributed by atoms with Crippen LogP contribution >= 0.6 is 0 Å². The van der Waals surface area contributed by atoms with Crippen LogP contribution in [0.5, 0.6) is 5.75 Å². The van der Waals surface area contributed by atoms with Gasteiger partial charge >= 0.3 is 0 Å². The lowest BCUT2D eigenvalue weighted by atomic mass is 9.79. The molecule has 0 saturated heterocycles. The zero-order chi connectivity index (χ0) is 21.3. The molecule has 1 unspecified atom stereocenters. The highest BCUT2D eigenvalue weighted by atomic mass is 32.2. The number of ether oxygens (including phenoxy) is 1. The number of unbranched alkanes of at least 4 members (excludes halogenated alkanes) is 1. The van der Waals surface area contributed by atoms with Gasteiger partial charge in [-0.1, -0.05) is 57.0 Å². The highest BCUT2D eigenvalue weighted by Crippen LogP contribution is 2.33. The molecule has 0 aliphatic rings. The first kappa shape index (κ1) is 23.1. The summed E-state index contributed by atoms with van der Waals surface area (Å²) in [6.45, 7) is 4.04. The fourth-order valence-corrected chi connectivity index (χ4v) is 5.30. The van der Waals surface area contributed by atoms with Gasteiger partial charge in [0.15, 0.2) is 9.84 Å². The molecule has 2 aromatic rings. The second-order valence-corrected chi connectivity index (χ2v) is 9.72. The number of benzene rings is 2. The number of carbonyl (C=O) groups excluding carboxylic acids is 1. The average Bonchev–Trinajstić information content (AvgIpc) is 2.75. The molecule has 0 saturated carbocycles. The second kappa shape index (κ2) is 10.6. The lowest BCUT2D eigenvalue weighted by molar-refractivity contribution is -0.117. The predicted molar refractivity (Wildman–Crippen MR) is 117 cm³/mol. The molecule has 0 N–H and O–H groups in total. The van der Waals surface area contributed by atoms with E-state index in [0.717, 1.165) is 36.7 Å². The molecule has 0 aromatic heterocycles. The zero-order valence-corrected chi connectivity index (χ0v) is 18.5. The van der Waals surface area contributed by atoms with E-state index in [4.69, 9.17) is 4.74 Å². The topological polar surface area (TPSA) is 60.4 Å². The summed E-state index contributed by atoms with van der Waals surface area (Å²) in [4.78, 5) is 12.1. The number of hydrogen-bond acceptors (Lipinski definition) is 4. The zero-order valence-electron chi connectivity index (χ0n) is 17.7. The molecular weight excluding hydrogens is 384 g/mol. The minimum Gasteiger partial charge on any atom is -0.497 e. The average molecular weight is 417 g/mol. The van der Waals surface area contributed by atoms with Gasteiger partial charge in [0.1, 0.15) is 12.0 Å². The fourth-order valence-electron chi connectivity index (χ4n) is 3.60. The maximum atomic E-state index is 13.2. The molecule has 0 heterocycles. The summed E-state index contributed by atoms with van der Waals surface area (Å²) >= 11 is 0. The molecule has 0 fully saturated rings. The van der Waals surface area contributed by atoms with Gasteiger partial charge in [-0.3, -0.25) is 0 Å². The van der Waals surface area contributed by atoms with Crippen molar-refractivity contribution in [3.8, 4) is 5.75 Å². The monoisotopic (exact) mass is 416 g/mol. The van der Waals surface area contributed by atoms with Gasteiger partial charge in [0, 0.05) is 5.41 Å². The van der Waals surface area contributed by atoms with Crippen molar-refractivity contribution >= 4 is 16.1 Å². The third-order valence-electron chi connectivity index (χ3n) is 5.69. The Labute approximate surface area is 175 Å². The van der Waals surface area contributed by atoms with Crippen molar-refractivity contribution in [2.75, 3.05) is 12.9 Å². The molecule has 1 atom stereocenters. The lowest BCUT2D eigenvalue weighted by Crippen LogP contribution is -2.26. The van der Waals surface area contributed by atoms with Crippen LogP contribution in [0.2, 0.25) is 0 Å². The molecule has 0 bridgehead atoms. The molecule has 0 aliphatic carbocycles. The smallest absolute Gasteiger partial charge is 0.178 e. The Kier molecular flexibility index (Phi) is 8.45. The molecule has 0 amide bonds. The lowest BCUT2D eigenvalue weighted by Gasteiger charge is -2.26. The van der Waals surface area contributed by atoms with Crippen LogP contribution in [0, 0.1) is 5.41 Å². The van der Waals surface area contributed by atoms with Crippen LogP contribution in [0.15, 0.2) is 53.4 Å². The SMILES string of the molecule is CCCCC(C=O)(CC)CCS(=O)(=O)c1ccc(OC)cc1Cc1ccccc1. The van der Waals surface area contributed by atoms with E-state index >= 15 is 0 Å². The van der Waals surface area contributed by atoms with Gasteiger partial charge in [0.2, 0.25) is 0 Å². The van der Waals surface area contributed by atoms with Crippen molar-refractivity contribution < 1.29 is 17.9 Å². The van der Waals surface area contributed by atoms with Crippen LogP contribution < -0.4 is 4.74 Å². The Balaban J connectivity index is 2.32. The van der Waals surface area contributed by atoms with E-state index in [1.807, 2.05) is 37.3 Å². The Hall–Kier alpha value is -2.14. The Morgan fingerprint density at radius 2 is 1.76 bits per heavy atom. The van der Waals surface area contributed by atoms with Crippen molar-refractivity contribution in [3.63, 3.8) is 0 Å². The van der Waals surface area contributed by atoms with E-state index in [9.17, 15) is 13.2 Å². The minimum absolute atomic E-state index is 0.0303. The molecule has 0 aliphatic heterocycles. The van der Waals surface area contributed by atoms with Crippen molar-refractivity contribution in [1.29, 1.82) is 0 Å². The number of methoxy groups -OCH3 is 1. The van der Waals surface area contributed by atoms with Crippen LogP contribution in [0.4, 0.5) is 0 Å². The molecule has 2 aromatic carbocycles. The summed E-state index contributed by atoms with van der Waals surface area (Å²) in [6.07, 6.45) is 5.14. The predicted octanol–water partition coefficient (Wildman–Crippen LogP) is 5.24. The van der Waals surface area contributed by atoms with E-state index in [1.54, 1.807) is 25.3 Å². The summed E-state index contributed by atoms with van der Waals surface area (Å²) in [5.41, 5.74) is 1.20. The van der Waals surface area contributed by atoms with Gasteiger partial charge in [0.05, 0.1) is 17.8 Å². The number of aldehydes is 1. The van der Waals surface area contributed by atoms with E-state index < -0.39 is 15.3 Å². The third-order valence-corrected chi connectivity index (χ3v) is 7.50. The van der Waals surface area contributed by atoms with Gasteiger partial charge in [-0.2, -0.15) is 0 Å². The fraction of sp³-hybridized carbons (Fsp3) is 0.458. The molecule has 29 heavy (non-hydrogen) atoms. The molecule has 5 heteroatoms. The molecule has 0 spiro atoms. The standard InChI is InChI=1S/C24H32O4S/c1-4-6-14-24(5-2,19-25)15-16-29(26,27)23-13-12-22(28-3)18-21(23)17-20-10-8-7-9-11-20/h7-13,18-19H,4-6,14-17H2,1-3H3. The first-order valence-electron chi connectivity index (χ1n) is 10.3. The Morgan fingerprint density at radius 1 is 1.03 bits per heavy atom. The van der Waals surface area contributed by atoms with Crippen LogP contribution in [-0.4, -0.2) is 27.6 Å². The largest absolute Gasteiger partial charge is 0.497 e. The maximum absolute atomic E-state index is 13.2. The minimum atomic E-state index is -3.53. The number of sulfone groups is 1. The Bertz CT molecular complexity index is 890. The normalized spacial score (nSPS) is 13.6. The van der Waals surface area contributed by atoms with Crippen LogP contribution in [-0.2, 0) is 21.1 Å². The van der Waals surface area contributed by atoms with Crippen LogP contribution in [0.25, 0.3) is 0 Å². The van der Waals surface area contributed by atoms with Gasteiger partial charge in [-0.15, -0.1) is 0 Å². The summed E-state index contributed by atoms with van der Waals surface area (Å²) in [7, 11) is -1.96. The first-order valence-corrected chi connectivity index (χ1v) is 11.9. The summed E-state index contributed by atoms with van der Waals surface area (Å²) in [5.74, 6) is 0.603. The molecule has 4 nitrogen and oxygen atoms in total. The van der Waals surface area contributed by atoms with Crippen LogP contribution in [0.1, 0.15) is 57.1 Å². The highest BCUT2D eigenvalue weighted by Gasteiger charge is 2.30. The summed E-state index contributed by atoms with van der Waals surface area (Å²) in [5, 5.41) is 0. The number of rotatable bonds is 12. The molecule has 158 valence electrons. The molecular formula is C24H32O4S. The van der Waals surface area contributed by atoms with Gasteiger partial charge in [-0.05, 0) is 55.0 Å². The van der Waals surface area contributed by atoms with E-state index in [2.05, 4.69) is 6.92 Å². The summed E-state index contributed by atoms with van der Waals surface area (Å²) < 4.78 is 31.8. The molecule has 0 radical (unpaired) electrons. The van der Waals surface area contributed by atoms with E-state index in [0.29, 0.717) is 29.9 Å². The van der Waals surface area contributed by atoms with Crippen molar-refractivity contribution in [2.45, 2.75) is 57.3 Å².